The summed E-state index contributed by atoms with van der Waals surface area (Å²) in [5.41, 5.74) is 0.859. The largest absolute Gasteiger partial charge is 0.416 e. The van der Waals surface area contributed by atoms with Gasteiger partial charge in [-0.15, -0.1) is 0 Å². The van der Waals surface area contributed by atoms with Crippen molar-refractivity contribution in [1.29, 1.82) is 0 Å². The van der Waals surface area contributed by atoms with Gasteiger partial charge in [-0.2, -0.15) is 13.2 Å². The van der Waals surface area contributed by atoms with Gasteiger partial charge in [0.2, 0.25) is 0 Å². The molecule has 0 aromatic heterocycles. The summed E-state index contributed by atoms with van der Waals surface area (Å²) in [5, 5.41) is 3.27. The molecule has 1 atom stereocenters. The van der Waals surface area contributed by atoms with E-state index in [0.29, 0.717) is 11.5 Å². The van der Waals surface area contributed by atoms with Gasteiger partial charge in [0.15, 0.2) is 0 Å². The molecule has 1 rings (SSSR count). The lowest BCUT2D eigenvalue weighted by Gasteiger charge is -2.25. The second-order valence-electron chi connectivity index (χ2n) is 6.63. The summed E-state index contributed by atoms with van der Waals surface area (Å²) in [5.74, 6) is 0.453. The number of benzene rings is 1. The highest BCUT2D eigenvalue weighted by molar-refractivity contribution is 5.33. The van der Waals surface area contributed by atoms with Crippen molar-refractivity contribution < 1.29 is 13.2 Å². The molecule has 4 heteroatoms. The predicted molar refractivity (Wildman–Crippen MR) is 81.4 cm³/mol. The molecule has 1 aromatic carbocycles. The van der Waals surface area contributed by atoms with Gasteiger partial charge in [-0.05, 0) is 70.2 Å². The fourth-order valence-corrected chi connectivity index (χ4v) is 2.41. The maximum Gasteiger partial charge on any atom is 0.416 e. The van der Waals surface area contributed by atoms with Crippen molar-refractivity contribution >= 4 is 0 Å². The molecule has 1 unspecified atom stereocenters. The second kappa shape index (κ2) is 6.82. The molecular weight excluding hydrogens is 275 g/mol. The summed E-state index contributed by atoms with van der Waals surface area (Å²) in [6.45, 7) is 7.99. The zero-order valence-electron chi connectivity index (χ0n) is 13.6. The maximum atomic E-state index is 12.7. The fourth-order valence-electron chi connectivity index (χ4n) is 2.41. The predicted octanol–water partition coefficient (Wildman–Crippen LogP) is 4.97. The minimum Gasteiger partial charge on any atom is -0.315 e. The zero-order valence-corrected chi connectivity index (χ0v) is 13.6. The van der Waals surface area contributed by atoms with E-state index in [1.807, 2.05) is 7.05 Å². The standard InChI is InChI=1S/C17H26F3N/c1-12(8-9-16(3,4)21-5)10-14-6-7-15(13(2)11-14)17(18,19)20/h6-7,11-12,21H,8-10H2,1-5H3. The van der Waals surface area contributed by atoms with Crippen LogP contribution in [0.3, 0.4) is 0 Å². The lowest BCUT2D eigenvalue weighted by Crippen LogP contribution is -2.36. The summed E-state index contributed by atoms with van der Waals surface area (Å²) >= 11 is 0. The third kappa shape index (κ3) is 5.70. The van der Waals surface area contributed by atoms with Crippen LogP contribution in [-0.2, 0) is 12.6 Å². The number of halogens is 3. The highest BCUT2D eigenvalue weighted by Crippen LogP contribution is 2.32. The van der Waals surface area contributed by atoms with Gasteiger partial charge in [0.25, 0.3) is 0 Å². The molecule has 0 saturated heterocycles. The summed E-state index contributed by atoms with van der Waals surface area (Å²) in [7, 11) is 1.95. The van der Waals surface area contributed by atoms with Crippen LogP contribution in [0, 0.1) is 12.8 Å². The topological polar surface area (TPSA) is 12.0 Å². The molecule has 0 radical (unpaired) electrons. The summed E-state index contributed by atoms with van der Waals surface area (Å²) in [6.07, 6.45) is -1.35. The van der Waals surface area contributed by atoms with E-state index in [-0.39, 0.29) is 5.54 Å². The fraction of sp³-hybridized carbons (Fsp3) is 0.647. The van der Waals surface area contributed by atoms with Gasteiger partial charge in [0, 0.05) is 5.54 Å². The van der Waals surface area contributed by atoms with Gasteiger partial charge >= 0.3 is 6.18 Å². The summed E-state index contributed by atoms with van der Waals surface area (Å²) < 4.78 is 38.2. The quantitative estimate of drug-likeness (QED) is 0.782. The lowest BCUT2D eigenvalue weighted by molar-refractivity contribution is -0.138. The molecule has 1 aromatic rings. The van der Waals surface area contributed by atoms with E-state index in [1.165, 1.54) is 13.0 Å². The monoisotopic (exact) mass is 301 g/mol. The molecule has 1 N–H and O–H groups in total. The average molecular weight is 301 g/mol. The molecule has 0 spiro atoms. The number of hydrogen-bond acceptors (Lipinski definition) is 1. The van der Waals surface area contributed by atoms with Crippen molar-refractivity contribution in [3.63, 3.8) is 0 Å². The molecule has 21 heavy (non-hydrogen) atoms. The van der Waals surface area contributed by atoms with Gasteiger partial charge < -0.3 is 5.32 Å². The Balaban J connectivity index is 2.66. The van der Waals surface area contributed by atoms with Crippen molar-refractivity contribution in [3.8, 4) is 0 Å². The maximum absolute atomic E-state index is 12.7. The molecule has 0 amide bonds. The van der Waals surface area contributed by atoms with Crippen LogP contribution in [0.5, 0.6) is 0 Å². The number of rotatable bonds is 6. The smallest absolute Gasteiger partial charge is 0.315 e. The number of aryl methyl sites for hydroxylation is 1. The van der Waals surface area contributed by atoms with E-state index in [1.54, 1.807) is 12.1 Å². The Hall–Kier alpha value is -1.03. The van der Waals surface area contributed by atoms with E-state index >= 15 is 0 Å². The molecule has 120 valence electrons. The Bertz CT molecular complexity index is 464. The van der Waals surface area contributed by atoms with Gasteiger partial charge in [0.05, 0.1) is 5.56 Å². The van der Waals surface area contributed by atoms with Crippen LogP contribution < -0.4 is 5.32 Å². The first-order valence-electron chi connectivity index (χ1n) is 7.41. The molecular formula is C17H26F3N. The molecule has 0 aliphatic rings. The normalized spacial score (nSPS) is 14.3. The molecule has 0 aliphatic carbocycles. The highest BCUT2D eigenvalue weighted by Gasteiger charge is 2.32. The van der Waals surface area contributed by atoms with Crippen LogP contribution in [0.1, 0.15) is 50.3 Å². The van der Waals surface area contributed by atoms with Crippen LogP contribution in [0.2, 0.25) is 0 Å². The zero-order chi connectivity index (χ0) is 16.3. The molecule has 0 saturated carbocycles. The Labute approximate surface area is 125 Å². The third-order valence-corrected chi connectivity index (χ3v) is 4.12. The first-order valence-corrected chi connectivity index (χ1v) is 7.41. The molecule has 0 aliphatic heterocycles. The Kier molecular flexibility index (Phi) is 5.85. The van der Waals surface area contributed by atoms with Crippen LogP contribution in [-0.4, -0.2) is 12.6 Å². The molecule has 1 nitrogen and oxygen atoms in total. The second-order valence-corrected chi connectivity index (χ2v) is 6.63. The SMILES string of the molecule is CNC(C)(C)CCC(C)Cc1ccc(C(F)(F)F)c(C)c1. The highest BCUT2D eigenvalue weighted by atomic mass is 19.4. The van der Waals surface area contributed by atoms with E-state index in [4.69, 9.17) is 0 Å². The van der Waals surface area contributed by atoms with Crippen LogP contribution >= 0.6 is 0 Å². The van der Waals surface area contributed by atoms with Crippen molar-refractivity contribution in [3.05, 3.63) is 34.9 Å². The van der Waals surface area contributed by atoms with Crippen LogP contribution in [0.25, 0.3) is 0 Å². The first kappa shape index (κ1) is 18.0. The van der Waals surface area contributed by atoms with Gasteiger partial charge in [-0.3, -0.25) is 0 Å². The molecule has 0 bridgehead atoms. The minimum atomic E-state index is -4.26. The Morgan fingerprint density at radius 2 is 1.81 bits per heavy atom. The van der Waals surface area contributed by atoms with E-state index in [9.17, 15) is 13.2 Å². The van der Waals surface area contributed by atoms with Crippen molar-refractivity contribution in [2.24, 2.45) is 5.92 Å². The van der Waals surface area contributed by atoms with Crippen molar-refractivity contribution in [1.82, 2.24) is 5.32 Å². The first-order chi connectivity index (χ1) is 9.55. The van der Waals surface area contributed by atoms with E-state index < -0.39 is 11.7 Å². The van der Waals surface area contributed by atoms with Crippen LogP contribution in [0.4, 0.5) is 13.2 Å². The number of hydrogen-bond donors (Lipinski definition) is 1. The average Bonchev–Trinajstić information content (AvgIpc) is 2.35. The lowest BCUT2D eigenvalue weighted by atomic mass is 9.89. The minimum absolute atomic E-state index is 0.102. The number of nitrogens with one attached hydrogen (secondary N) is 1. The van der Waals surface area contributed by atoms with E-state index in [0.717, 1.165) is 24.8 Å². The Morgan fingerprint density at radius 1 is 1.19 bits per heavy atom. The van der Waals surface area contributed by atoms with E-state index in [2.05, 4.69) is 26.1 Å². The van der Waals surface area contributed by atoms with Gasteiger partial charge in [-0.1, -0.05) is 19.1 Å². The van der Waals surface area contributed by atoms with Crippen molar-refractivity contribution in [2.75, 3.05) is 7.05 Å². The molecule has 0 heterocycles. The van der Waals surface area contributed by atoms with Gasteiger partial charge in [-0.25, -0.2) is 0 Å². The van der Waals surface area contributed by atoms with Crippen LogP contribution in [0.15, 0.2) is 18.2 Å². The summed E-state index contributed by atoms with van der Waals surface area (Å²) in [6, 6.07) is 4.48. The van der Waals surface area contributed by atoms with Gasteiger partial charge in [0.1, 0.15) is 0 Å². The Morgan fingerprint density at radius 3 is 2.29 bits per heavy atom. The summed E-state index contributed by atoms with van der Waals surface area (Å²) in [4.78, 5) is 0. The van der Waals surface area contributed by atoms with Crippen molar-refractivity contribution in [2.45, 2.75) is 58.7 Å². The molecule has 0 fully saturated rings. The third-order valence-electron chi connectivity index (χ3n) is 4.12. The number of alkyl halides is 3.